The molecular weight excluding hydrogens is 246 g/mol. The average molecular weight is 264 g/mol. The van der Waals surface area contributed by atoms with E-state index in [1.807, 2.05) is 6.08 Å². The van der Waals surface area contributed by atoms with E-state index in [1.165, 1.54) is 0 Å². The van der Waals surface area contributed by atoms with E-state index in [2.05, 4.69) is 12.2 Å². The Bertz CT molecular complexity index is 204. The van der Waals surface area contributed by atoms with Gasteiger partial charge in [0.25, 0.3) is 0 Å². The predicted octanol–water partition coefficient (Wildman–Crippen LogP) is 1.83. The number of hydrogen-bond acceptors (Lipinski definition) is 3. The van der Waals surface area contributed by atoms with E-state index in [1.54, 1.807) is 0 Å². The van der Waals surface area contributed by atoms with Gasteiger partial charge in [0.1, 0.15) is 0 Å². The Balaban J connectivity index is 0.00000169. The average Bonchev–Trinajstić information content (AvgIpc) is 2.19. The van der Waals surface area contributed by atoms with Gasteiger partial charge in [-0.15, -0.1) is 17.0 Å². The molecule has 0 aromatic rings. The minimum absolute atomic E-state index is 0. The molecule has 0 spiro atoms. The van der Waals surface area contributed by atoms with Gasteiger partial charge in [-0.05, 0) is 19.4 Å². The van der Waals surface area contributed by atoms with Crippen LogP contribution in [0.15, 0.2) is 11.6 Å². The highest BCUT2D eigenvalue weighted by Gasteiger charge is 2.12. The molecule has 0 bridgehead atoms. The highest BCUT2D eigenvalue weighted by atomic mass is 79.9. The summed E-state index contributed by atoms with van der Waals surface area (Å²) in [6.45, 7) is 4.31. The van der Waals surface area contributed by atoms with Crippen LogP contribution in [-0.4, -0.2) is 25.7 Å². The van der Waals surface area contributed by atoms with Crippen LogP contribution < -0.4 is 5.32 Å². The molecule has 14 heavy (non-hydrogen) atoms. The van der Waals surface area contributed by atoms with Gasteiger partial charge in [0, 0.05) is 12.1 Å². The molecule has 0 unspecified atom stereocenters. The Morgan fingerprint density at radius 3 is 3.00 bits per heavy atom. The number of rotatable bonds is 4. The number of hydrogen-bond donors (Lipinski definition) is 1. The molecule has 0 radical (unpaired) electrons. The van der Waals surface area contributed by atoms with Crippen LogP contribution in [0.2, 0.25) is 0 Å². The van der Waals surface area contributed by atoms with E-state index in [4.69, 9.17) is 4.74 Å². The van der Waals surface area contributed by atoms with Crippen molar-refractivity contribution in [3.05, 3.63) is 11.6 Å². The summed E-state index contributed by atoms with van der Waals surface area (Å²) in [6, 6.07) is 0. The van der Waals surface area contributed by atoms with Crippen LogP contribution in [0.1, 0.15) is 26.2 Å². The van der Waals surface area contributed by atoms with Gasteiger partial charge in [-0.1, -0.05) is 19.4 Å². The highest BCUT2D eigenvalue weighted by molar-refractivity contribution is 8.93. The molecule has 4 heteroatoms. The van der Waals surface area contributed by atoms with Gasteiger partial charge in [-0.25, -0.2) is 4.79 Å². The molecule has 0 aromatic heterocycles. The second-order valence-corrected chi connectivity index (χ2v) is 3.17. The molecule has 3 nitrogen and oxygen atoms in total. The van der Waals surface area contributed by atoms with Crippen LogP contribution in [-0.2, 0) is 9.53 Å². The van der Waals surface area contributed by atoms with Crippen molar-refractivity contribution in [3.63, 3.8) is 0 Å². The second kappa shape index (κ2) is 8.00. The van der Waals surface area contributed by atoms with E-state index in [0.717, 1.165) is 37.9 Å². The molecule has 0 saturated heterocycles. The molecule has 0 saturated carbocycles. The van der Waals surface area contributed by atoms with Gasteiger partial charge in [0.05, 0.1) is 6.61 Å². The number of ether oxygens (including phenoxy) is 1. The van der Waals surface area contributed by atoms with E-state index >= 15 is 0 Å². The molecule has 0 aromatic carbocycles. The van der Waals surface area contributed by atoms with E-state index in [9.17, 15) is 4.79 Å². The number of carbonyl (C=O) groups excluding carboxylic acids is 1. The third-order valence-electron chi connectivity index (χ3n) is 2.06. The number of halogens is 1. The number of carbonyl (C=O) groups is 1. The minimum atomic E-state index is -0.130. The van der Waals surface area contributed by atoms with Crippen molar-refractivity contribution in [2.75, 3.05) is 19.7 Å². The van der Waals surface area contributed by atoms with Gasteiger partial charge in [-0.3, -0.25) is 0 Å². The van der Waals surface area contributed by atoms with Crippen LogP contribution in [0.5, 0.6) is 0 Å². The number of nitrogens with one attached hydrogen (secondary N) is 1. The molecule has 0 atom stereocenters. The molecule has 1 N–H and O–H groups in total. The lowest BCUT2D eigenvalue weighted by Crippen LogP contribution is -2.24. The lowest BCUT2D eigenvalue weighted by molar-refractivity contribution is -0.139. The third kappa shape index (κ3) is 4.77. The van der Waals surface area contributed by atoms with Crippen molar-refractivity contribution in [2.45, 2.75) is 26.2 Å². The highest BCUT2D eigenvalue weighted by Crippen LogP contribution is 2.06. The summed E-state index contributed by atoms with van der Waals surface area (Å²) in [5.74, 6) is -0.130. The van der Waals surface area contributed by atoms with Crippen LogP contribution in [0.25, 0.3) is 0 Å². The first-order chi connectivity index (χ1) is 6.34. The van der Waals surface area contributed by atoms with Crippen molar-refractivity contribution in [1.29, 1.82) is 0 Å². The Kier molecular flexibility index (Phi) is 7.80. The lowest BCUT2D eigenvalue weighted by atomic mass is 10.1. The van der Waals surface area contributed by atoms with Gasteiger partial charge in [0.15, 0.2) is 0 Å². The van der Waals surface area contributed by atoms with Crippen molar-refractivity contribution in [1.82, 2.24) is 5.32 Å². The first kappa shape index (κ1) is 13.7. The van der Waals surface area contributed by atoms with Gasteiger partial charge < -0.3 is 10.1 Å². The van der Waals surface area contributed by atoms with Crippen LogP contribution in [0.3, 0.4) is 0 Å². The summed E-state index contributed by atoms with van der Waals surface area (Å²) in [5.41, 5.74) is 0.829. The lowest BCUT2D eigenvalue weighted by Gasteiger charge is -2.12. The molecular formula is C10H18BrNO2. The Labute approximate surface area is 95.7 Å². The zero-order chi connectivity index (χ0) is 9.52. The van der Waals surface area contributed by atoms with Gasteiger partial charge in [-0.2, -0.15) is 0 Å². The molecule has 0 fully saturated rings. The predicted molar refractivity (Wildman–Crippen MR) is 61.8 cm³/mol. The standard InChI is InChI=1S/C10H17NO2.BrH/c1-2-3-8-13-10(12)9-4-6-11-7-5-9;/h4,11H,2-3,5-8H2,1H3;1H. The van der Waals surface area contributed by atoms with E-state index in [-0.39, 0.29) is 23.0 Å². The summed E-state index contributed by atoms with van der Waals surface area (Å²) < 4.78 is 5.09. The van der Waals surface area contributed by atoms with Crippen molar-refractivity contribution < 1.29 is 9.53 Å². The molecule has 1 rings (SSSR count). The Morgan fingerprint density at radius 2 is 2.43 bits per heavy atom. The molecule has 1 aliphatic heterocycles. The van der Waals surface area contributed by atoms with Crippen molar-refractivity contribution >= 4 is 23.0 Å². The normalized spacial score (nSPS) is 15.4. The number of unbranched alkanes of at least 4 members (excludes halogenated alkanes) is 1. The fourth-order valence-electron chi connectivity index (χ4n) is 1.21. The van der Waals surface area contributed by atoms with Crippen LogP contribution in [0.4, 0.5) is 0 Å². The molecule has 1 heterocycles. The summed E-state index contributed by atoms with van der Waals surface area (Å²) >= 11 is 0. The maximum atomic E-state index is 11.4. The molecule has 82 valence electrons. The largest absolute Gasteiger partial charge is 0.462 e. The number of esters is 1. The monoisotopic (exact) mass is 263 g/mol. The van der Waals surface area contributed by atoms with Gasteiger partial charge >= 0.3 is 5.97 Å². The maximum absolute atomic E-state index is 11.4. The van der Waals surface area contributed by atoms with Gasteiger partial charge in [0.2, 0.25) is 0 Å². The fraction of sp³-hybridized carbons (Fsp3) is 0.700. The zero-order valence-corrected chi connectivity index (χ0v) is 10.3. The summed E-state index contributed by atoms with van der Waals surface area (Å²) in [5, 5.41) is 3.15. The Morgan fingerprint density at radius 1 is 1.64 bits per heavy atom. The Hall–Kier alpha value is -0.350. The smallest absolute Gasteiger partial charge is 0.333 e. The van der Waals surface area contributed by atoms with Crippen LogP contribution in [0, 0.1) is 0 Å². The zero-order valence-electron chi connectivity index (χ0n) is 8.54. The molecule has 1 aliphatic rings. The second-order valence-electron chi connectivity index (χ2n) is 3.17. The maximum Gasteiger partial charge on any atom is 0.333 e. The topological polar surface area (TPSA) is 38.3 Å². The first-order valence-corrected chi connectivity index (χ1v) is 4.91. The summed E-state index contributed by atoms with van der Waals surface area (Å²) in [6.07, 6.45) is 4.73. The summed E-state index contributed by atoms with van der Waals surface area (Å²) in [4.78, 5) is 11.4. The quantitative estimate of drug-likeness (QED) is 0.622. The minimum Gasteiger partial charge on any atom is -0.462 e. The SMILES string of the molecule is Br.CCCCOC(=O)C1=CCNCC1. The third-order valence-corrected chi connectivity index (χ3v) is 2.06. The fourth-order valence-corrected chi connectivity index (χ4v) is 1.21. The van der Waals surface area contributed by atoms with Crippen molar-refractivity contribution in [3.8, 4) is 0 Å². The first-order valence-electron chi connectivity index (χ1n) is 4.91. The van der Waals surface area contributed by atoms with E-state index in [0.29, 0.717) is 6.61 Å². The van der Waals surface area contributed by atoms with E-state index < -0.39 is 0 Å². The summed E-state index contributed by atoms with van der Waals surface area (Å²) in [7, 11) is 0. The van der Waals surface area contributed by atoms with Crippen molar-refractivity contribution in [2.24, 2.45) is 0 Å². The van der Waals surface area contributed by atoms with Crippen LogP contribution >= 0.6 is 17.0 Å². The molecule has 0 aliphatic carbocycles. The molecule has 0 amide bonds.